The third kappa shape index (κ3) is 2.69. The molecular formula is C14H26N2O2. The van der Waals surface area contributed by atoms with Gasteiger partial charge in [-0.05, 0) is 38.1 Å². The lowest BCUT2D eigenvalue weighted by molar-refractivity contribution is -0.142. The summed E-state index contributed by atoms with van der Waals surface area (Å²) in [5.74, 6) is 0.878. The predicted molar refractivity (Wildman–Crippen MR) is 71.1 cm³/mol. The maximum atomic E-state index is 12.8. The van der Waals surface area contributed by atoms with Gasteiger partial charge in [-0.3, -0.25) is 4.79 Å². The van der Waals surface area contributed by atoms with Gasteiger partial charge in [0.2, 0.25) is 5.91 Å². The molecule has 2 N–H and O–H groups in total. The fraction of sp³-hybridized carbons (Fsp3) is 0.929. The van der Waals surface area contributed by atoms with E-state index in [9.17, 15) is 4.79 Å². The molecule has 1 heterocycles. The van der Waals surface area contributed by atoms with Crippen LogP contribution in [0.25, 0.3) is 0 Å². The smallest absolute Gasteiger partial charge is 0.228 e. The Morgan fingerprint density at radius 2 is 2.17 bits per heavy atom. The summed E-state index contributed by atoms with van der Waals surface area (Å²) in [5.41, 5.74) is 5.58. The molecule has 0 aromatic heterocycles. The summed E-state index contributed by atoms with van der Waals surface area (Å²) < 4.78 is 5.19. The molecule has 1 aliphatic carbocycles. The number of nitrogens with zero attached hydrogens (tertiary/aromatic N) is 1. The number of likely N-dealkylation sites (tertiary alicyclic amines) is 1. The number of amides is 1. The van der Waals surface area contributed by atoms with Crippen LogP contribution in [0.4, 0.5) is 0 Å². The number of hydrogen-bond acceptors (Lipinski definition) is 3. The van der Waals surface area contributed by atoms with Crippen LogP contribution in [-0.4, -0.2) is 44.2 Å². The average Bonchev–Trinajstić information content (AvgIpc) is 3.05. The van der Waals surface area contributed by atoms with Crippen molar-refractivity contribution < 1.29 is 9.53 Å². The van der Waals surface area contributed by atoms with E-state index >= 15 is 0 Å². The van der Waals surface area contributed by atoms with E-state index in [-0.39, 0.29) is 5.41 Å². The van der Waals surface area contributed by atoms with Crippen LogP contribution in [0.5, 0.6) is 0 Å². The highest BCUT2D eigenvalue weighted by atomic mass is 16.5. The first-order valence-corrected chi connectivity index (χ1v) is 7.20. The zero-order chi connectivity index (χ0) is 13.0. The number of methoxy groups -OCH3 is 1. The van der Waals surface area contributed by atoms with Gasteiger partial charge in [-0.25, -0.2) is 0 Å². The number of nitrogens with two attached hydrogens (primary N) is 1. The zero-order valence-corrected chi connectivity index (χ0v) is 11.5. The van der Waals surface area contributed by atoms with Gasteiger partial charge < -0.3 is 15.4 Å². The van der Waals surface area contributed by atoms with Gasteiger partial charge in [-0.2, -0.15) is 0 Å². The van der Waals surface area contributed by atoms with E-state index in [1.54, 1.807) is 7.11 Å². The van der Waals surface area contributed by atoms with Crippen molar-refractivity contribution in [1.82, 2.24) is 4.90 Å². The Morgan fingerprint density at radius 1 is 1.44 bits per heavy atom. The van der Waals surface area contributed by atoms with E-state index in [2.05, 4.69) is 4.90 Å². The van der Waals surface area contributed by atoms with E-state index < -0.39 is 0 Å². The normalized spacial score (nSPS) is 26.8. The lowest BCUT2D eigenvalue weighted by Crippen LogP contribution is -2.42. The van der Waals surface area contributed by atoms with Gasteiger partial charge in [-0.1, -0.05) is 12.8 Å². The second-order valence-electron chi connectivity index (χ2n) is 5.87. The third-order valence-electron chi connectivity index (χ3n) is 4.71. The van der Waals surface area contributed by atoms with Crippen LogP contribution in [-0.2, 0) is 9.53 Å². The minimum Gasteiger partial charge on any atom is -0.385 e. The molecule has 0 bridgehead atoms. The summed E-state index contributed by atoms with van der Waals surface area (Å²) in [5, 5.41) is 0. The Morgan fingerprint density at radius 3 is 2.72 bits per heavy atom. The monoisotopic (exact) mass is 254 g/mol. The van der Waals surface area contributed by atoms with E-state index in [1.165, 1.54) is 12.8 Å². The Hall–Kier alpha value is -0.610. The number of carbonyl (C=O) groups is 1. The lowest BCUT2D eigenvalue weighted by Gasteiger charge is -2.32. The summed E-state index contributed by atoms with van der Waals surface area (Å²) in [7, 11) is 1.72. The minimum absolute atomic E-state index is 0.125. The molecule has 1 saturated carbocycles. The molecule has 18 heavy (non-hydrogen) atoms. The van der Waals surface area contributed by atoms with Crippen molar-refractivity contribution in [1.29, 1.82) is 0 Å². The van der Waals surface area contributed by atoms with E-state index in [0.29, 0.717) is 25.0 Å². The van der Waals surface area contributed by atoms with Crippen molar-refractivity contribution in [3.05, 3.63) is 0 Å². The largest absolute Gasteiger partial charge is 0.385 e. The Labute approximate surface area is 110 Å². The summed E-state index contributed by atoms with van der Waals surface area (Å²) >= 11 is 0. The highest BCUT2D eigenvalue weighted by molar-refractivity contribution is 5.83. The van der Waals surface area contributed by atoms with Crippen molar-refractivity contribution in [2.24, 2.45) is 17.1 Å². The second-order valence-corrected chi connectivity index (χ2v) is 5.87. The van der Waals surface area contributed by atoms with Crippen LogP contribution < -0.4 is 5.73 Å². The van der Waals surface area contributed by atoms with Crippen molar-refractivity contribution in [2.75, 3.05) is 33.4 Å². The zero-order valence-electron chi connectivity index (χ0n) is 11.5. The maximum absolute atomic E-state index is 12.8. The molecule has 0 radical (unpaired) electrons. The molecule has 1 amide bonds. The first-order valence-electron chi connectivity index (χ1n) is 7.20. The first-order chi connectivity index (χ1) is 8.72. The van der Waals surface area contributed by atoms with Crippen LogP contribution in [0.15, 0.2) is 0 Å². The van der Waals surface area contributed by atoms with Crippen LogP contribution >= 0.6 is 0 Å². The van der Waals surface area contributed by atoms with Crippen LogP contribution in [0, 0.1) is 11.3 Å². The van der Waals surface area contributed by atoms with Gasteiger partial charge in [0, 0.05) is 26.8 Å². The SMILES string of the molecule is COCCC1(C(=O)N2CCC(CN)C2)CCCC1. The summed E-state index contributed by atoms with van der Waals surface area (Å²) in [4.78, 5) is 14.8. The summed E-state index contributed by atoms with van der Waals surface area (Å²) in [6.45, 7) is 3.16. The molecule has 2 rings (SSSR count). The number of carbonyl (C=O) groups excluding carboxylic acids is 1. The minimum atomic E-state index is -0.125. The highest BCUT2D eigenvalue weighted by Crippen LogP contribution is 2.43. The number of hydrogen-bond donors (Lipinski definition) is 1. The van der Waals surface area contributed by atoms with Gasteiger partial charge >= 0.3 is 0 Å². The highest BCUT2D eigenvalue weighted by Gasteiger charge is 2.44. The summed E-state index contributed by atoms with van der Waals surface area (Å²) in [6.07, 6.45) is 6.40. The van der Waals surface area contributed by atoms with Crippen molar-refractivity contribution in [2.45, 2.75) is 38.5 Å². The molecule has 0 aromatic rings. The van der Waals surface area contributed by atoms with E-state index in [4.69, 9.17) is 10.5 Å². The van der Waals surface area contributed by atoms with Crippen LogP contribution in [0.2, 0.25) is 0 Å². The van der Waals surface area contributed by atoms with Crippen molar-refractivity contribution >= 4 is 5.91 Å². The molecule has 104 valence electrons. The standard InChI is InChI=1S/C14H26N2O2/c1-18-9-7-14(5-2-3-6-14)13(17)16-8-4-12(10-15)11-16/h12H,2-11,15H2,1H3. The van der Waals surface area contributed by atoms with Crippen molar-refractivity contribution in [3.63, 3.8) is 0 Å². The molecule has 1 aliphatic heterocycles. The molecule has 0 spiro atoms. The van der Waals surface area contributed by atoms with Crippen LogP contribution in [0.1, 0.15) is 38.5 Å². The molecule has 1 atom stereocenters. The van der Waals surface area contributed by atoms with E-state index in [1.807, 2.05) is 0 Å². The Bertz CT molecular complexity index is 288. The molecule has 4 nitrogen and oxygen atoms in total. The molecular weight excluding hydrogens is 228 g/mol. The summed E-state index contributed by atoms with van der Waals surface area (Å²) in [6, 6.07) is 0. The average molecular weight is 254 g/mol. The number of rotatable bonds is 5. The van der Waals surface area contributed by atoms with Crippen LogP contribution in [0.3, 0.4) is 0 Å². The molecule has 2 fully saturated rings. The van der Waals surface area contributed by atoms with Gasteiger partial charge in [0.05, 0.1) is 5.41 Å². The van der Waals surface area contributed by atoms with Gasteiger partial charge in [-0.15, -0.1) is 0 Å². The topological polar surface area (TPSA) is 55.6 Å². The molecule has 1 unspecified atom stereocenters. The van der Waals surface area contributed by atoms with Gasteiger partial charge in [0.1, 0.15) is 0 Å². The fourth-order valence-electron chi connectivity index (χ4n) is 3.46. The fourth-order valence-corrected chi connectivity index (χ4v) is 3.46. The predicted octanol–water partition coefficient (Wildman–Crippen LogP) is 1.39. The molecule has 0 aromatic carbocycles. The quantitative estimate of drug-likeness (QED) is 0.806. The van der Waals surface area contributed by atoms with Crippen molar-refractivity contribution in [3.8, 4) is 0 Å². The third-order valence-corrected chi connectivity index (χ3v) is 4.71. The Kier molecular flexibility index (Phi) is 4.62. The molecule has 4 heteroatoms. The molecule has 1 saturated heterocycles. The maximum Gasteiger partial charge on any atom is 0.228 e. The first kappa shape index (κ1) is 13.8. The second kappa shape index (κ2) is 6.02. The Balaban J connectivity index is 2.00. The van der Waals surface area contributed by atoms with Gasteiger partial charge in [0.25, 0.3) is 0 Å². The molecule has 2 aliphatic rings. The van der Waals surface area contributed by atoms with E-state index in [0.717, 1.165) is 38.8 Å². The number of ether oxygens (including phenoxy) is 1. The lowest BCUT2D eigenvalue weighted by atomic mass is 9.81. The van der Waals surface area contributed by atoms with Gasteiger partial charge in [0.15, 0.2) is 0 Å².